The van der Waals surface area contributed by atoms with Gasteiger partial charge in [-0.25, -0.2) is 9.07 Å². The molecular formula is C14H14F4N4O. The molecule has 2 rings (SSSR count). The van der Waals surface area contributed by atoms with Crippen molar-refractivity contribution in [2.45, 2.75) is 32.5 Å². The van der Waals surface area contributed by atoms with Crippen LogP contribution < -0.4 is 5.32 Å². The van der Waals surface area contributed by atoms with Crippen molar-refractivity contribution in [1.82, 2.24) is 14.8 Å². The van der Waals surface area contributed by atoms with Gasteiger partial charge < -0.3 is 0 Å². The molecule has 1 aromatic heterocycles. The zero-order valence-electron chi connectivity index (χ0n) is 12.2. The number of hydrogen-bond donors (Lipinski definition) is 1. The van der Waals surface area contributed by atoms with Crippen LogP contribution in [0.25, 0.3) is 11.4 Å². The van der Waals surface area contributed by atoms with Gasteiger partial charge in [-0.05, 0) is 30.7 Å². The van der Waals surface area contributed by atoms with Crippen LogP contribution in [0, 0.1) is 5.82 Å². The number of carbonyl (C=O) groups excluding carboxylic acids is 1. The monoisotopic (exact) mass is 330 g/mol. The molecular weight excluding hydrogens is 316 g/mol. The first kappa shape index (κ1) is 16.9. The molecule has 0 spiro atoms. The van der Waals surface area contributed by atoms with Gasteiger partial charge in [-0.15, -0.1) is 5.10 Å². The fraction of sp³-hybridized carbons (Fsp3) is 0.357. The van der Waals surface area contributed by atoms with Gasteiger partial charge in [0.1, 0.15) is 5.82 Å². The molecule has 0 aliphatic carbocycles. The molecule has 0 bridgehead atoms. The quantitative estimate of drug-likeness (QED) is 0.855. The van der Waals surface area contributed by atoms with Gasteiger partial charge in [-0.1, -0.05) is 13.3 Å². The topological polar surface area (TPSA) is 59.8 Å². The molecule has 1 amide bonds. The summed E-state index contributed by atoms with van der Waals surface area (Å²) >= 11 is 0. The molecule has 0 radical (unpaired) electrons. The Bertz CT molecular complexity index is 679. The van der Waals surface area contributed by atoms with Crippen molar-refractivity contribution in [2.75, 3.05) is 5.32 Å². The van der Waals surface area contributed by atoms with Crippen molar-refractivity contribution in [3.05, 3.63) is 30.1 Å². The largest absolute Gasteiger partial charge is 0.471 e. The van der Waals surface area contributed by atoms with E-state index in [0.29, 0.717) is 18.5 Å². The Morgan fingerprint density at radius 2 is 1.91 bits per heavy atom. The average molecular weight is 330 g/mol. The highest BCUT2D eigenvalue weighted by Gasteiger charge is 2.39. The minimum absolute atomic E-state index is 0.110. The normalized spacial score (nSPS) is 11.5. The smallest absolute Gasteiger partial charge is 0.287 e. The van der Waals surface area contributed by atoms with E-state index in [-0.39, 0.29) is 11.8 Å². The number of benzene rings is 1. The predicted octanol–water partition coefficient (Wildman–Crippen LogP) is 3.39. The van der Waals surface area contributed by atoms with Gasteiger partial charge >= 0.3 is 12.1 Å². The van der Waals surface area contributed by atoms with Crippen LogP contribution in [0.15, 0.2) is 24.3 Å². The maximum Gasteiger partial charge on any atom is 0.471 e. The van der Waals surface area contributed by atoms with Gasteiger partial charge in [0.15, 0.2) is 5.82 Å². The molecule has 2 aromatic rings. The average Bonchev–Trinajstić information content (AvgIpc) is 2.88. The van der Waals surface area contributed by atoms with Crippen LogP contribution in [0.1, 0.15) is 19.8 Å². The summed E-state index contributed by atoms with van der Waals surface area (Å²) in [4.78, 5) is 15.0. The van der Waals surface area contributed by atoms with Crippen LogP contribution in [-0.2, 0) is 11.3 Å². The van der Waals surface area contributed by atoms with E-state index in [0.717, 1.165) is 6.42 Å². The molecule has 5 nitrogen and oxygen atoms in total. The van der Waals surface area contributed by atoms with Crippen LogP contribution in [0.2, 0.25) is 0 Å². The third kappa shape index (κ3) is 4.27. The minimum atomic E-state index is -5.02. The van der Waals surface area contributed by atoms with E-state index >= 15 is 0 Å². The first-order chi connectivity index (χ1) is 10.8. The number of hydrogen-bond acceptors (Lipinski definition) is 3. The van der Waals surface area contributed by atoms with E-state index in [4.69, 9.17) is 0 Å². The van der Waals surface area contributed by atoms with E-state index in [2.05, 4.69) is 10.1 Å². The molecule has 0 saturated carbocycles. The van der Waals surface area contributed by atoms with E-state index in [1.807, 2.05) is 6.92 Å². The standard InChI is InChI=1S/C14H14F4N4O/c1-2-3-8-22-13(20-12(23)14(16,17)18)19-11(21-22)9-4-6-10(15)7-5-9/h4-7H,2-3,8H2,1H3,(H,19,20,21,23). The Balaban J connectivity index is 2.32. The number of aryl methyl sites for hydroxylation is 1. The molecule has 0 saturated heterocycles. The SMILES string of the molecule is CCCCn1nc(-c2ccc(F)cc2)nc1NC(=O)C(F)(F)F. The predicted molar refractivity (Wildman–Crippen MR) is 75.0 cm³/mol. The molecule has 0 unspecified atom stereocenters. The second kappa shape index (κ2) is 6.76. The van der Waals surface area contributed by atoms with Gasteiger partial charge in [0.05, 0.1) is 0 Å². The lowest BCUT2D eigenvalue weighted by Gasteiger charge is -2.08. The summed E-state index contributed by atoms with van der Waals surface area (Å²) in [7, 11) is 0. The minimum Gasteiger partial charge on any atom is -0.287 e. The summed E-state index contributed by atoms with van der Waals surface area (Å²) in [6.07, 6.45) is -3.57. The highest BCUT2D eigenvalue weighted by molar-refractivity contribution is 5.93. The van der Waals surface area contributed by atoms with Crippen LogP contribution >= 0.6 is 0 Å². The van der Waals surface area contributed by atoms with Crippen molar-refractivity contribution in [2.24, 2.45) is 0 Å². The van der Waals surface area contributed by atoms with Crippen molar-refractivity contribution in [3.8, 4) is 11.4 Å². The van der Waals surface area contributed by atoms with Crippen LogP contribution in [0.4, 0.5) is 23.5 Å². The fourth-order valence-corrected chi connectivity index (χ4v) is 1.79. The highest BCUT2D eigenvalue weighted by Crippen LogP contribution is 2.21. The zero-order chi connectivity index (χ0) is 17.0. The Hall–Kier alpha value is -2.45. The zero-order valence-corrected chi connectivity index (χ0v) is 12.2. The third-order valence-corrected chi connectivity index (χ3v) is 2.98. The number of unbranched alkanes of at least 4 members (excludes halogenated alkanes) is 1. The number of anilines is 1. The Kier molecular flexibility index (Phi) is 4.97. The molecule has 1 aromatic carbocycles. The molecule has 0 atom stereocenters. The summed E-state index contributed by atoms with van der Waals surface area (Å²) in [6.45, 7) is 2.21. The lowest BCUT2D eigenvalue weighted by Crippen LogP contribution is -2.31. The van der Waals surface area contributed by atoms with Crippen LogP contribution in [-0.4, -0.2) is 26.8 Å². The first-order valence-corrected chi connectivity index (χ1v) is 6.90. The van der Waals surface area contributed by atoms with E-state index < -0.39 is 17.9 Å². The summed E-state index contributed by atoms with van der Waals surface area (Å²) in [5.41, 5.74) is 0.434. The van der Waals surface area contributed by atoms with Gasteiger partial charge in [-0.3, -0.25) is 10.1 Å². The van der Waals surface area contributed by atoms with Crippen LogP contribution in [0.5, 0.6) is 0 Å². The number of alkyl halides is 3. The maximum atomic E-state index is 12.9. The van der Waals surface area contributed by atoms with Crippen molar-refractivity contribution in [3.63, 3.8) is 0 Å². The number of nitrogens with zero attached hydrogens (tertiary/aromatic N) is 3. The van der Waals surface area contributed by atoms with E-state index in [1.54, 1.807) is 5.32 Å². The molecule has 23 heavy (non-hydrogen) atoms. The molecule has 0 fully saturated rings. The van der Waals surface area contributed by atoms with Gasteiger partial charge in [0.25, 0.3) is 0 Å². The summed E-state index contributed by atoms with van der Waals surface area (Å²) in [5.74, 6) is -2.75. The summed E-state index contributed by atoms with van der Waals surface area (Å²) < 4.78 is 51.3. The second-order valence-electron chi connectivity index (χ2n) is 4.79. The first-order valence-electron chi connectivity index (χ1n) is 6.90. The fourth-order valence-electron chi connectivity index (χ4n) is 1.79. The van der Waals surface area contributed by atoms with Crippen molar-refractivity contribution < 1.29 is 22.4 Å². The number of nitrogens with one attached hydrogen (secondary N) is 1. The van der Waals surface area contributed by atoms with Crippen molar-refractivity contribution >= 4 is 11.9 Å². The van der Waals surface area contributed by atoms with E-state index in [1.165, 1.54) is 28.9 Å². The lowest BCUT2D eigenvalue weighted by atomic mass is 10.2. The number of halogens is 4. The summed E-state index contributed by atoms with van der Waals surface area (Å²) in [5, 5.41) is 5.80. The molecule has 1 heterocycles. The van der Waals surface area contributed by atoms with E-state index in [9.17, 15) is 22.4 Å². The highest BCUT2D eigenvalue weighted by atomic mass is 19.4. The third-order valence-electron chi connectivity index (χ3n) is 2.98. The van der Waals surface area contributed by atoms with Crippen LogP contribution in [0.3, 0.4) is 0 Å². The van der Waals surface area contributed by atoms with Gasteiger partial charge in [0, 0.05) is 12.1 Å². The Morgan fingerprint density at radius 3 is 2.48 bits per heavy atom. The lowest BCUT2D eigenvalue weighted by molar-refractivity contribution is -0.167. The number of carbonyl (C=O) groups is 1. The maximum absolute atomic E-state index is 12.9. The molecule has 1 N–H and O–H groups in total. The Morgan fingerprint density at radius 1 is 1.26 bits per heavy atom. The van der Waals surface area contributed by atoms with Gasteiger partial charge in [-0.2, -0.15) is 18.2 Å². The second-order valence-corrected chi connectivity index (χ2v) is 4.79. The molecule has 124 valence electrons. The molecule has 0 aliphatic heterocycles. The summed E-state index contributed by atoms with van der Waals surface area (Å²) in [6, 6.07) is 5.19. The molecule has 9 heteroatoms. The van der Waals surface area contributed by atoms with Crippen molar-refractivity contribution in [1.29, 1.82) is 0 Å². The van der Waals surface area contributed by atoms with Gasteiger partial charge in [0.2, 0.25) is 5.95 Å². The number of rotatable bonds is 5. The number of amides is 1. The number of aromatic nitrogens is 3. The Labute approximate surface area is 129 Å². The molecule has 0 aliphatic rings.